The third kappa shape index (κ3) is 3.29. The Labute approximate surface area is 171 Å². The molecule has 0 spiro atoms. The first-order valence-electron chi connectivity index (χ1n) is 8.77. The number of benzene rings is 2. The summed E-state index contributed by atoms with van der Waals surface area (Å²) < 4.78 is 1.16. The predicted molar refractivity (Wildman–Crippen MR) is 118 cm³/mol. The Morgan fingerprint density at radius 3 is 1.65 bits per heavy atom. The summed E-state index contributed by atoms with van der Waals surface area (Å²) in [5, 5.41) is 2.56. The normalized spacial score (nSPS) is 18.5. The number of fused-ring (bicyclic) bond motifs is 2. The van der Waals surface area contributed by atoms with Crippen LogP contribution in [0.5, 0.6) is 0 Å². The van der Waals surface area contributed by atoms with E-state index in [2.05, 4.69) is 99.9 Å². The van der Waals surface area contributed by atoms with Crippen molar-refractivity contribution in [1.82, 2.24) is 0 Å². The van der Waals surface area contributed by atoms with E-state index in [-0.39, 0.29) is 0 Å². The molecule has 0 saturated heterocycles. The van der Waals surface area contributed by atoms with Crippen LogP contribution in [0.3, 0.4) is 0 Å². The molecule has 2 aromatic carbocycles. The first kappa shape index (κ1) is 18.0. The zero-order valence-corrected chi connectivity index (χ0v) is 18.2. The van der Waals surface area contributed by atoms with Crippen molar-refractivity contribution in [1.29, 1.82) is 0 Å². The second kappa shape index (κ2) is 7.69. The number of thioether (sulfide) groups is 2. The van der Waals surface area contributed by atoms with Gasteiger partial charge in [-0.25, -0.2) is 0 Å². The van der Waals surface area contributed by atoms with Crippen LogP contribution in [0.15, 0.2) is 80.5 Å². The zero-order chi connectivity index (χ0) is 18.1. The minimum absolute atomic E-state index is 0.973. The molecule has 4 rings (SSSR count). The number of nitrogens with zero attached hydrogens (tertiary/aromatic N) is 2. The fraction of sp³-hybridized carbons (Fsp3) is 0.190. The summed E-state index contributed by atoms with van der Waals surface area (Å²) in [6.45, 7) is 6.36. The van der Waals surface area contributed by atoms with Crippen LogP contribution in [0, 0.1) is 0 Å². The van der Waals surface area contributed by atoms with Gasteiger partial charge < -0.3 is 0 Å². The fourth-order valence-electron chi connectivity index (χ4n) is 3.26. The number of allylic oxidation sites excluding steroid dienone is 2. The number of hydrogen-bond donors (Lipinski definition) is 0. The predicted octanol–water partition coefficient (Wildman–Crippen LogP) is 5.27. The van der Waals surface area contributed by atoms with Crippen LogP contribution in [0.4, 0.5) is 11.4 Å². The maximum atomic E-state index is 3.26. The fourth-order valence-corrected chi connectivity index (χ4v) is 6.42. The van der Waals surface area contributed by atoms with Gasteiger partial charge in [-0.1, -0.05) is 0 Å². The quantitative estimate of drug-likeness (QED) is 0.594. The average molecular weight is 443 g/mol. The molecule has 0 radical (unpaired) electrons. The summed E-state index contributed by atoms with van der Waals surface area (Å²) in [5.74, 6) is 0. The van der Waals surface area contributed by atoms with Gasteiger partial charge in [0.05, 0.1) is 0 Å². The van der Waals surface area contributed by atoms with Gasteiger partial charge in [0.25, 0.3) is 0 Å². The van der Waals surface area contributed by atoms with Crippen molar-refractivity contribution in [2.24, 2.45) is 0 Å². The topological polar surface area (TPSA) is 6.48 Å². The van der Waals surface area contributed by atoms with Gasteiger partial charge in [0.2, 0.25) is 0 Å². The molecule has 0 N–H and O–H groups in total. The van der Waals surface area contributed by atoms with Gasteiger partial charge in [0, 0.05) is 0 Å². The van der Waals surface area contributed by atoms with Crippen LogP contribution >= 0.6 is 23.5 Å². The Balaban J connectivity index is 1.60. The molecule has 26 heavy (non-hydrogen) atoms. The van der Waals surface area contributed by atoms with E-state index in [9.17, 15) is 0 Å². The van der Waals surface area contributed by atoms with Crippen LogP contribution in [-0.2, 0) is 0 Å². The van der Waals surface area contributed by atoms with Crippen molar-refractivity contribution in [2.75, 3.05) is 22.9 Å². The molecule has 0 saturated carbocycles. The van der Waals surface area contributed by atoms with Crippen molar-refractivity contribution < 1.29 is 0 Å². The van der Waals surface area contributed by atoms with Crippen molar-refractivity contribution in [3.8, 4) is 0 Å². The molecule has 0 amide bonds. The van der Waals surface area contributed by atoms with E-state index in [1.165, 1.54) is 31.2 Å². The summed E-state index contributed by atoms with van der Waals surface area (Å²) >= 11 is 6.95. The van der Waals surface area contributed by atoms with E-state index in [1.54, 1.807) is 0 Å². The summed E-state index contributed by atoms with van der Waals surface area (Å²) in [6.07, 6.45) is 4.52. The molecular weight excluding hydrogens is 423 g/mol. The average Bonchev–Trinajstić information content (AvgIpc) is 3.17. The monoisotopic (exact) mass is 444 g/mol. The Morgan fingerprint density at radius 2 is 1.23 bits per heavy atom. The van der Waals surface area contributed by atoms with Gasteiger partial charge in [-0.2, -0.15) is 0 Å². The van der Waals surface area contributed by atoms with Crippen molar-refractivity contribution >= 4 is 54.9 Å². The molecule has 0 bridgehead atoms. The van der Waals surface area contributed by atoms with Crippen molar-refractivity contribution in [3.63, 3.8) is 0 Å². The SMILES string of the molecule is CCN1C(=CC(=[Se])C=C2Sc3ccccc3N2CC)Sc2ccccc21. The number of para-hydroxylation sites is 2. The van der Waals surface area contributed by atoms with Crippen molar-refractivity contribution in [2.45, 2.75) is 23.6 Å². The molecule has 132 valence electrons. The van der Waals surface area contributed by atoms with Crippen LogP contribution < -0.4 is 9.80 Å². The van der Waals surface area contributed by atoms with E-state index in [1.807, 2.05) is 23.5 Å². The van der Waals surface area contributed by atoms with Gasteiger partial charge in [0.15, 0.2) is 0 Å². The number of hydrogen-bond acceptors (Lipinski definition) is 4. The molecule has 2 aliphatic heterocycles. The first-order chi connectivity index (χ1) is 12.7. The molecular formula is C21H20N2S2Se. The van der Waals surface area contributed by atoms with Crippen LogP contribution in [0.2, 0.25) is 0 Å². The van der Waals surface area contributed by atoms with E-state index in [0.29, 0.717) is 0 Å². The molecule has 2 aliphatic rings. The summed E-state index contributed by atoms with van der Waals surface area (Å²) in [5.41, 5.74) is 2.62. The molecule has 0 atom stereocenters. The van der Waals surface area contributed by atoms with Gasteiger partial charge in [-0.15, -0.1) is 0 Å². The molecule has 5 heteroatoms. The van der Waals surface area contributed by atoms with E-state index in [4.69, 9.17) is 0 Å². The van der Waals surface area contributed by atoms with E-state index in [0.717, 1.165) is 17.5 Å². The number of anilines is 2. The molecule has 0 aliphatic carbocycles. The van der Waals surface area contributed by atoms with E-state index >= 15 is 0 Å². The second-order valence-corrected chi connectivity index (χ2v) is 9.11. The molecule has 2 aromatic rings. The standard InChI is InChI=1S/C21H20N2S2Se/c1-3-22-16-9-5-7-11-18(16)24-20(22)13-15(26)14-21-23(4-2)17-10-6-8-12-19(17)25-21/h5-14H,3-4H2,1-2H3. The summed E-state index contributed by atoms with van der Waals surface area (Å²) in [4.78, 5) is 7.42. The Morgan fingerprint density at radius 1 is 0.808 bits per heavy atom. The summed E-state index contributed by atoms with van der Waals surface area (Å²) in [6, 6.07) is 17.2. The maximum absolute atomic E-state index is 3.26. The van der Waals surface area contributed by atoms with Crippen molar-refractivity contribution in [3.05, 3.63) is 70.7 Å². The first-order valence-corrected chi connectivity index (χ1v) is 11.3. The van der Waals surface area contributed by atoms with Crippen LogP contribution in [0.25, 0.3) is 0 Å². The molecule has 2 nitrogen and oxygen atoms in total. The molecule has 0 fully saturated rings. The van der Waals surface area contributed by atoms with Gasteiger partial charge in [-0.3, -0.25) is 0 Å². The Kier molecular flexibility index (Phi) is 5.32. The number of rotatable bonds is 4. The molecule has 0 unspecified atom stereocenters. The van der Waals surface area contributed by atoms with E-state index < -0.39 is 0 Å². The Hall–Kier alpha value is -1.39. The third-order valence-electron chi connectivity index (χ3n) is 4.44. The molecule has 2 heterocycles. The van der Waals surface area contributed by atoms with Crippen LogP contribution in [0.1, 0.15) is 13.8 Å². The minimum atomic E-state index is 0.973. The Bertz CT molecular complexity index is 846. The van der Waals surface area contributed by atoms with Gasteiger partial charge >= 0.3 is 172 Å². The van der Waals surface area contributed by atoms with Crippen LogP contribution in [-0.4, -0.2) is 33.1 Å². The zero-order valence-electron chi connectivity index (χ0n) is 14.8. The van der Waals surface area contributed by atoms with Gasteiger partial charge in [-0.05, 0) is 0 Å². The third-order valence-corrected chi connectivity index (χ3v) is 7.16. The summed E-state index contributed by atoms with van der Waals surface area (Å²) in [7, 11) is 0. The molecule has 0 aromatic heterocycles. The second-order valence-electron chi connectivity index (χ2n) is 6.00. The van der Waals surface area contributed by atoms with Gasteiger partial charge in [0.1, 0.15) is 0 Å².